The lowest BCUT2D eigenvalue weighted by Crippen LogP contribution is -2.17. The molecule has 4 aromatic rings. The van der Waals surface area contributed by atoms with Crippen LogP contribution in [-0.4, -0.2) is 32.0 Å². The van der Waals surface area contributed by atoms with Crippen LogP contribution in [0.5, 0.6) is 5.75 Å². The fraction of sp³-hybridized carbons (Fsp3) is 0.125. The van der Waals surface area contributed by atoms with Crippen molar-refractivity contribution in [3.8, 4) is 22.8 Å². The van der Waals surface area contributed by atoms with Gasteiger partial charge in [-0.1, -0.05) is 35.5 Å². The minimum absolute atomic E-state index is 0.0581. The van der Waals surface area contributed by atoms with Gasteiger partial charge < -0.3 is 10.1 Å². The molecule has 35 heavy (non-hydrogen) atoms. The van der Waals surface area contributed by atoms with E-state index < -0.39 is 6.36 Å². The summed E-state index contributed by atoms with van der Waals surface area (Å²) < 4.78 is 42.4. The lowest BCUT2D eigenvalue weighted by molar-refractivity contribution is -0.274. The van der Waals surface area contributed by atoms with E-state index in [0.29, 0.717) is 16.5 Å². The maximum Gasteiger partial charge on any atom is 0.573 e. The molecule has 3 aromatic carbocycles. The SMILES string of the molecule is FC(F)(F)Oc1ccc(-n2cnc(-c3ccc(NC4=NC(c5cccc(Cl)c5)CS4)cc3)n2)cc1. The van der Waals surface area contributed by atoms with Crippen molar-refractivity contribution in [1.82, 2.24) is 14.8 Å². The van der Waals surface area contributed by atoms with Crippen molar-refractivity contribution < 1.29 is 17.9 Å². The van der Waals surface area contributed by atoms with Crippen molar-refractivity contribution in [2.45, 2.75) is 12.4 Å². The van der Waals surface area contributed by atoms with E-state index in [9.17, 15) is 13.2 Å². The van der Waals surface area contributed by atoms with Gasteiger partial charge in [0.1, 0.15) is 12.1 Å². The molecule has 0 radical (unpaired) electrons. The highest BCUT2D eigenvalue weighted by molar-refractivity contribution is 8.14. The molecule has 1 aliphatic heterocycles. The first kappa shape index (κ1) is 23.3. The zero-order chi connectivity index (χ0) is 24.4. The summed E-state index contributed by atoms with van der Waals surface area (Å²) in [5.41, 5.74) is 3.32. The molecule has 1 aromatic heterocycles. The van der Waals surface area contributed by atoms with Crippen LogP contribution in [0.4, 0.5) is 18.9 Å². The Morgan fingerprint density at radius 2 is 1.80 bits per heavy atom. The Labute approximate surface area is 207 Å². The molecule has 0 bridgehead atoms. The number of hydrogen-bond donors (Lipinski definition) is 1. The molecule has 11 heteroatoms. The third-order valence-electron chi connectivity index (χ3n) is 5.11. The fourth-order valence-corrected chi connectivity index (χ4v) is 4.65. The van der Waals surface area contributed by atoms with E-state index in [2.05, 4.69) is 20.1 Å². The molecule has 1 unspecified atom stereocenters. The highest BCUT2D eigenvalue weighted by atomic mass is 35.5. The molecule has 1 N–H and O–H groups in total. The Morgan fingerprint density at radius 3 is 2.51 bits per heavy atom. The standard InChI is InChI=1S/C24H17ClF3N5OS/c25-17-3-1-2-16(12-17)21-13-35-23(31-21)30-18-6-4-15(5-7-18)22-29-14-33(32-22)19-8-10-20(11-9-19)34-24(26,27)28/h1-12,14,21H,13H2,(H,30,31). The lowest BCUT2D eigenvalue weighted by atomic mass is 10.1. The molecule has 0 fully saturated rings. The summed E-state index contributed by atoms with van der Waals surface area (Å²) in [5, 5.41) is 9.28. The Kier molecular flexibility index (Phi) is 6.40. The second kappa shape index (κ2) is 9.63. The van der Waals surface area contributed by atoms with E-state index in [1.54, 1.807) is 11.8 Å². The molecule has 0 aliphatic carbocycles. The van der Waals surface area contributed by atoms with E-state index in [1.807, 2.05) is 48.5 Å². The monoisotopic (exact) mass is 515 g/mol. The van der Waals surface area contributed by atoms with Crippen molar-refractivity contribution >= 4 is 34.2 Å². The molecular formula is C24H17ClF3N5OS. The predicted molar refractivity (Wildman–Crippen MR) is 131 cm³/mol. The second-order valence-electron chi connectivity index (χ2n) is 7.57. The number of halogens is 4. The highest BCUT2D eigenvalue weighted by Crippen LogP contribution is 2.32. The van der Waals surface area contributed by atoms with Crippen LogP contribution < -0.4 is 10.1 Å². The van der Waals surface area contributed by atoms with Crippen LogP contribution in [0.15, 0.2) is 84.1 Å². The third-order valence-corrected chi connectivity index (χ3v) is 6.30. The van der Waals surface area contributed by atoms with E-state index in [4.69, 9.17) is 16.6 Å². The molecule has 6 nitrogen and oxygen atoms in total. The summed E-state index contributed by atoms with van der Waals surface area (Å²) in [6.45, 7) is 0. The van der Waals surface area contributed by atoms with Gasteiger partial charge in [-0.3, -0.25) is 4.99 Å². The summed E-state index contributed by atoms with van der Waals surface area (Å²) in [6.07, 6.45) is -3.23. The van der Waals surface area contributed by atoms with E-state index in [0.717, 1.165) is 27.7 Å². The number of aliphatic imine (C=N–C) groups is 1. The van der Waals surface area contributed by atoms with Crippen molar-refractivity contribution in [3.05, 3.63) is 89.7 Å². The van der Waals surface area contributed by atoms with Gasteiger partial charge in [-0.25, -0.2) is 9.67 Å². The molecular weight excluding hydrogens is 499 g/mol. The lowest BCUT2D eigenvalue weighted by Gasteiger charge is -2.09. The van der Waals surface area contributed by atoms with Crippen molar-refractivity contribution in [1.29, 1.82) is 0 Å². The van der Waals surface area contributed by atoms with Gasteiger partial charge in [-0.15, -0.1) is 18.3 Å². The topological polar surface area (TPSA) is 64.3 Å². The summed E-state index contributed by atoms with van der Waals surface area (Å²) in [4.78, 5) is 9.06. The van der Waals surface area contributed by atoms with Gasteiger partial charge in [0.2, 0.25) is 0 Å². The molecule has 0 saturated carbocycles. The number of rotatable bonds is 5. The summed E-state index contributed by atoms with van der Waals surface area (Å²) in [5.74, 6) is 1.03. The first-order valence-corrected chi connectivity index (χ1v) is 11.8. The number of ether oxygens (including phenoxy) is 1. The van der Waals surface area contributed by atoms with Gasteiger partial charge in [0.25, 0.3) is 0 Å². The van der Waals surface area contributed by atoms with Crippen molar-refractivity contribution in [2.24, 2.45) is 4.99 Å². The number of alkyl halides is 3. The predicted octanol–water partition coefficient (Wildman–Crippen LogP) is 6.74. The van der Waals surface area contributed by atoms with Crippen LogP contribution in [0.25, 0.3) is 17.1 Å². The summed E-state index contributed by atoms with van der Waals surface area (Å²) in [7, 11) is 0. The Morgan fingerprint density at radius 1 is 1.03 bits per heavy atom. The summed E-state index contributed by atoms with van der Waals surface area (Å²) >= 11 is 7.74. The Bertz CT molecular complexity index is 1360. The van der Waals surface area contributed by atoms with E-state index in [-0.39, 0.29) is 11.8 Å². The number of amidine groups is 1. The normalized spacial score (nSPS) is 15.7. The minimum Gasteiger partial charge on any atom is -0.406 e. The number of thioether (sulfide) groups is 1. The molecule has 1 atom stereocenters. The molecule has 178 valence electrons. The quantitative estimate of drug-likeness (QED) is 0.319. The zero-order valence-electron chi connectivity index (χ0n) is 17.9. The molecule has 5 rings (SSSR count). The highest BCUT2D eigenvalue weighted by Gasteiger charge is 2.31. The molecule has 0 spiro atoms. The van der Waals surface area contributed by atoms with E-state index in [1.165, 1.54) is 35.3 Å². The average molecular weight is 516 g/mol. The van der Waals surface area contributed by atoms with Gasteiger partial charge in [0.05, 0.1) is 11.7 Å². The molecule has 0 amide bonds. The smallest absolute Gasteiger partial charge is 0.406 e. The van der Waals surface area contributed by atoms with Crippen molar-refractivity contribution in [3.63, 3.8) is 0 Å². The molecule has 0 saturated heterocycles. The Hall–Kier alpha value is -3.50. The number of nitrogens with zero attached hydrogens (tertiary/aromatic N) is 4. The first-order valence-electron chi connectivity index (χ1n) is 10.4. The number of anilines is 1. The van der Waals surface area contributed by atoms with Gasteiger partial charge in [-0.2, -0.15) is 0 Å². The van der Waals surface area contributed by atoms with Crippen LogP contribution in [0.3, 0.4) is 0 Å². The number of hydrogen-bond acceptors (Lipinski definition) is 6. The van der Waals surface area contributed by atoms with E-state index >= 15 is 0 Å². The fourth-order valence-electron chi connectivity index (χ4n) is 3.47. The van der Waals surface area contributed by atoms with Crippen molar-refractivity contribution in [2.75, 3.05) is 11.1 Å². The summed E-state index contributed by atoms with van der Waals surface area (Å²) in [6, 6.07) is 20.8. The van der Waals surface area contributed by atoms with Gasteiger partial charge in [0.15, 0.2) is 11.0 Å². The van der Waals surface area contributed by atoms with Crippen LogP contribution in [0.1, 0.15) is 11.6 Å². The molecule has 2 heterocycles. The zero-order valence-corrected chi connectivity index (χ0v) is 19.5. The average Bonchev–Trinajstić information content (AvgIpc) is 3.50. The maximum atomic E-state index is 12.3. The van der Waals surface area contributed by atoms with Crippen LogP contribution in [-0.2, 0) is 0 Å². The number of nitrogens with one attached hydrogen (secondary N) is 1. The van der Waals surface area contributed by atoms with Gasteiger partial charge in [-0.05, 0) is 66.2 Å². The van der Waals surface area contributed by atoms with Crippen LogP contribution in [0.2, 0.25) is 5.02 Å². The number of benzene rings is 3. The van der Waals surface area contributed by atoms with Crippen LogP contribution >= 0.6 is 23.4 Å². The third kappa shape index (κ3) is 5.77. The first-order chi connectivity index (χ1) is 16.8. The number of aromatic nitrogens is 3. The van der Waals surface area contributed by atoms with Gasteiger partial charge >= 0.3 is 6.36 Å². The Balaban J connectivity index is 1.24. The molecule has 1 aliphatic rings. The second-order valence-corrected chi connectivity index (χ2v) is 9.02. The van der Waals surface area contributed by atoms with Crippen LogP contribution in [0, 0.1) is 0 Å². The minimum atomic E-state index is -4.73. The van der Waals surface area contributed by atoms with Gasteiger partial charge in [0, 0.05) is 22.0 Å². The largest absolute Gasteiger partial charge is 0.573 e. The maximum absolute atomic E-state index is 12.3.